The van der Waals surface area contributed by atoms with E-state index < -0.39 is 11.5 Å². The van der Waals surface area contributed by atoms with Crippen LogP contribution in [0.4, 0.5) is 5.13 Å². The summed E-state index contributed by atoms with van der Waals surface area (Å²) >= 11 is 1.16. The van der Waals surface area contributed by atoms with Crippen molar-refractivity contribution in [2.75, 3.05) is 25.4 Å². The fraction of sp³-hybridized carbons (Fsp3) is 0.692. The van der Waals surface area contributed by atoms with Crippen LogP contribution in [0.3, 0.4) is 0 Å². The number of aliphatic hydroxyl groups is 2. The number of carbonyl (C=O) groups is 1. The number of hydrogen-bond donors (Lipinski definition) is 3. The Bertz CT molecular complexity index is 479. The number of nitrogens with zero attached hydrogens (tertiary/aromatic N) is 2. The summed E-state index contributed by atoms with van der Waals surface area (Å²) in [5, 5.41) is 20.3. The predicted molar refractivity (Wildman–Crippen MR) is 77.5 cm³/mol. The molecule has 1 fully saturated rings. The van der Waals surface area contributed by atoms with E-state index in [2.05, 4.69) is 4.98 Å². The van der Waals surface area contributed by atoms with E-state index in [4.69, 9.17) is 5.73 Å². The largest absolute Gasteiger partial charge is 0.396 e. The molecule has 7 heteroatoms. The quantitative estimate of drug-likeness (QED) is 0.760. The topological polar surface area (TPSA) is 99.7 Å². The molecular weight excluding hydrogens is 278 g/mol. The highest BCUT2D eigenvalue weighted by atomic mass is 32.1. The monoisotopic (exact) mass is 299 g/mol. The van der Waals surface area contributed by atoms with E-state index in [1.165, 1.54) is 6.20 Å². The SMILES string of the molecule is CCC[C@@]1(CO)CN(C(=O)c2cnc(N)s2)CC[C@H]1O. The molecule has 0 radical (unpaired) electrons. The Morgan fingerprint density at radius 2 is 2.45 bits per heavy atom. The van der Waals surface area contributed by atoms with Crippen LogP contribution in [0.1, 0.15) is 35.9 Å². The van der Waals surface area contributed by atoms with Crippen molar-refractivity contribution in [3.63, 3.8) is 0 Å². The minimum Gasteiger partial charge on any atom is -0.396 e. The number of aromatic nitrogens is 1. The summed E-state index contributed by atoms with van der Waals surface area (Å²) in [5.74, 6) is -0.125. The van der Waals surface area contributed by atoms with E-state index in [0.29, 0.717) is 35.9 Å². The zero-order valence-corrected chi connectivity index (χ0v) is 12.4. The molecule has 112 valence electrons. The third kappa shape index (κ3) is 2.79. The Morgan fingerprint density at radius 1 is 1.70 bits per heavy atom. The molecule has 1 aromatic rings. The number of anilines is 1. The molecular formula is C13H21N3O3S. The molecule has 6 nitrogen and oxygen atoms in total. The molecule has 0 saturated carbocycles. The third-order valence-corrected chi connectivity index (χ3v) is 4.78. The molecule has 2 atom stereocenters. The normalized spacial score (nSPS) is 26.8. The average molecular weight is 299 g/mol. The summed E-state index contributed by atoms with van der Waals surface area (Å²) in [7, 11) is 0. The zero-order valence-electron chi connectivity index (χ0n) is 11.6. The van der Waals surface area contributed by atoms with Gasteiger partial charge in [0, 0.05) is 18.5 Å². The Morgan fingerprint density at radius 3 is 3.00 bits per heavy atom. The molecule has 0 aliphatic carbocycles. The van der Waals surface area contributed by atoms with Crippen molar-refractivity contribution in [2.45, 2.75) is 32.3 Å². The smallest absolute Gasteiger partial charge is 0.265 e. The van der Waals surface area contributed by atoms with Gasteiger partial charge < -0.3 is 20.8 Å². The zero-order chi connectivity index (χ0) is 14.8. The Labute approximate surface area is 122 Å². The van der Waals surface area contributed by atoms with Gasteiger partial charge >= 0.3 is 0 Å². The van der Waals surface area contributed by atoms with Gasteiger partial charge in [-0.2, -0.15) is 0 Å². The highest BCUT2D eigenvalue weighted by molar-refractivity contribution is 7.17. The number of nitrogens with two attached hydrogens (primary N) is 1. The van der Waals surface area contributed by atoms with Crippen molar-refractivity contribution < 1.29 is 15.0 Å². The lowest BCUT2D eigenvalue weighted by Crippen LogP contribution is -2.55. The summed E-state index contributed by atoms with van der Waals surface area (Å²) in [5.41, 5.74) is 4.94. The highest BCUT2D eigenvalue weighted by Crippen LogP contribution is 2.35. The van der Waals surface area contributed by atoms with Crippen molar-refractivity contribution in [2.24, 2.45) is 5.41 Å². The average Bonchev–Trinajstić information content (AvgIpc) is 2.87. The molecule has 0 spiro atoms. The number of thiazole rings is 1. The first-order chi connectivity index (χ1) is 9.52. The lowest BCUT2D eigenvalue weighted by Gasteiger charge is -2.45. The van der Waals surface area contributed by atoms with Crippen molar-refractivity contribution >= 4 is 22.4 Å². The van der Waals surface area contributed by atoms with E-state index in [1.54, 1.807) is 4.90 Å². The van der Waals surface area contributed by atoms with Crippen LogP contribution in [-0.4, -0.2) is 51.8 Å². The molecule has 2 rings (SSSR count). The molecule has 2 heterocycles. The van der Waals surface area contributed by atoms with Gasteiger partial charge in [-0.05, 0) is 12.8 Å². The molecule has 0 unspecified atom stereocenters. The fourth-order valence-electron chi connectivity index (χ4n) is 2.84. The van der Waals surface area contributed by atoms with Crippen LogP contribution in [0.2, 0.25) is 0 Å². The molecule has 0 aromatic carbocycles. The molecule has 1 amide bonds. The summed E-state index contributed by atoms with van der Waals surface area (Å²) in [6, 6.07) is 0. The van der Waals surface area contributed by atoms with Gasteiger partial charge in [-0.25, -0.2) is 4.98 Å². The van der Waals surface area contributed by atoms with Crippen LogP contribution >= 0.6 is 11.3 Å². The van der Waals surface area contributed by atoms with Crippen molar-refractivity contribution in [1.29, 1.82) is 0 Å². The summed E-state index contributed by atoms with van der Waals surface area (Å²) < 4.78 is 0. The van der Waals surface area contributed by atoms with Crippen LogP contribution in [0.25, 0.3) is 0 Å². The predicted octanol–water partition coefficient (Wildman–Crippen LogP) is 0.711. The van der Waals surface area contributed by atoms with Gasteiger partial charge in [0.25, 0.3) is 5.91 Å². The van der Waals surface area contributed by atoms with Crippen LogP contribution in [-0.2, 0) is 0 Å². The van der Waals surface area contributed by atoms with Crippen LogP contribution in [0.5, 0.6) is 0 Å². The number of nitrogen functional groups attached to an aromatic ring is 1. The highest BCUT2D eigenvalue weighted by Gasteiger charge is 2.43. The van der Waals surface area contributed by atoms with Crippen molar-refractivity contribution in [1.82, 2.24) is 9.88 Å². The molecule has 20 heavy (non-hydrogen) atoms. The first-order valence-corrected chi connectivity index (χ1v) is 7.63. The summed E-state index contributed by atoms with van der Waals surface area (Å²) in [6.45, 7) is 2.75. The molecule has 0 bridgehead atoms. The van der Waals surface area contributed by atoms with Gasteiger partial charge in [0.05, 0.1) is 18.9 Å². The first kappa shape index (κ1) is 15.2. The molecule has 4 N–H and O–H groups in total. The standard InChI is InChI=1S/C13H21N3O3S/c1-2-4-13(8-17)7-16(5-3-10(13)18)11(19)9-6-15-12(14)20-9/h6,10,17-18H,2-5,7-8H2,1H3,(H2,14,15)/t10-,13+/m1/s1. The second-order valence-electron chi connectivity index (χ2n) is 5.36. The summed E-state index contributed by atoms with van der Waals surface area (Å²) in [6.07, 6.45) is 2.95. The van der Waals surface area contributed by atoms with E-state index in [9.17, 15) is 15.0 Å². The van der Waals surface area contributed by atoms with Crippen LogP contribution < -0.4 is 5.73 Å². The van der Waals surface area contributed by atoms with Crippen LogP contribution in [0.15, 0.2) is 6.20 Å². The van der Waals surface area contributed by atoms with E-state index in [-0.39, 0.29) is 12.5 Å². The fourth-order valence-corrected chi connectivity index (χ4v) is 3.50. The second kappa shape index (κ2) is 6.07. The Hall–Kier alpha value is -1.18. The van der Waals surface area contributed by atoms with Gasteiger partial charge in [-0.3, -0.25) is 4.79 Å². The van der Waals surface area contributed by atoms with Gasteiger partial charge in [0.1, 0.15) is 4.88 Å². The van der Waals surface area contributed by atoms with Gasteiger partial charge in [0.15, 0.2) is 5.13 Å². The first-order valence-electron chi connectivity index (χ1n) is 6.82. The van der Waals surface area contributed by atoms with Crippen LogP contribution in [0, 0.1) is 5.41 Å². The molecule has 1 aliphatic rings. The second-order valence-corrected chi connectivity index (χ2v) is 6.43. The molecule has 1 saturated heterocycles. The lowest BCUT2D eigenvalue weighted by molar-refractivity contribution is -0.0719. The minimum absolute atomic E-state index is 0.114. The molecule has 1 aromatic heterocycles. The molecule has 1 aliphatic heterocycles. The van der Waals surface area contributed by atoms with Gasteiger partial charge in [0.2, 0.25) is 0 Å². The lowest BCUT2D eigenvalue weighted by atomic mass is 9.74. The maximum atomic E-state index is 12.4. The number of amides is 1. The number of likely N-dealkylation sites (tertiary alicyclic amines) is 1. The Balaban J connectivity index is 2.16. The third-order valence-electron chi connectivity index (χ3n) is 3.97. The minimum atomic E-state index is -0.612. The van der Waals surface area contributed by atoms with E-state index >= 15 is 0 Å². The van der Waals surface area contributed by atoms with Crippen molar-refractivity contribution in [3.05, 3.63) is 11.1 Å². The number of rotatable bonds is 4. The van der Waals surface area contributed by atoms with Gasteiger partial charge in [-0.15, -0.1) is 0 Å². The van der Waals surface area contributed by atoms with E-state index in [1.807, 2.05) is 6.92 Å². The number of hydrogen-bond acceptors (Lipinski definition) is 6. The van der Waals surface area contributed by atoms with Crippen molar-refractivity contribution in [3.8, 4) is 0 Å². The van der Waals surface area contributed by atoms with Gasteiger partial charge in [-0.1, -0.05) is 24.7 Å². The number of piperidine rings is 1. The maximum Gasteiger partial charge on any atom is 0.265 e. The van der Waals surface area contributed by atoms with E-state index in [0.717, 1.165) is 17.8 Å². The number of aliphatic hydroxyl groups excluding tert-OH is 2. The summed E-state index contributed by atoms with van der Waals surface area (Å²) in [4.78, 5) is 18.5. The Kier molecular flexibility index (Phi) is 4.62. The maximum absolute atomic E-state index is 12.4. The number of carbonyl (C=O) groups excluding carboxylic acids is 1.